The highest BCUT2D eigenvalue weighted by molar-refractivity contribution is 5.88. The van der Waals surface area contributed by atoms with Crippen LogP contribution in [0.25, 0.3) is 0 Å². The summed E-state index contributed by atoms with van der Waals surface area (Å²) in [5.74, 6) is -0.326. The average molecular weight is 291 g/mol. The molecule has 0 atom stereocenters. The number of hydrogen-bond acceptors (Lipinski definition) is 4. The Kier molecular flexibility index (Phi) is 3.98. The number of carbonyl (C=O) groups excluding carboxylic acids is 1. The molecule has 1 aromatic carbocycles. The Hall–Kier alpha value is -1.79. The summed E-state index contributed by atoms with van der Waals surface area (Å²) in [6.45, 7) is 1.41. The quantitative estimate of drug-likeness (QED) is 0.797. The molecule has 4 N–H and O–H groups in total. The van der Waals surface area contributed by atoms with E-state index in [1.54, 1.807) is 0 Å². The van der Waals surface area contributed by atoms with Gasteiger partial charge in [-0.1, -0.05) is 6.07 Å². The van der Waals surface area contributed by atoms with Gasteiger partial charge in [0.25, 0.3) is 0 Å². The molecule has 2 aliphatic rings. The Bertz CT molecular complexity index is 505. The van der Waals surface area contributed by atoms with Gasteiger partial charge >= 0.3 is 6.03 Å². The lowest BCUT2D eigenvalue weighted by atomic mass is 9.90. The minimum absolute atomic E-state index is 0.326. The lowest BCUT2D eigenvalue weighted by Crippen LogP contribution is -2.39. The number of nitrogens with one attached hydrogen (secondary N) is 2. The molecule has 0 radical (unpaired) electrons. The zero-order valence-electron chi connectivity index (χ0n) is 11.9. The van der Waals surface area contributed by atoms with Crippen LogP contribution in [0.15, 0.2) is 24.3 Å². The molecular weight excluding hydrogens is 270 g/mol. The van der Waals surface area contributed by atoms with Gasteiger partial charge in [0.15, 0.2) is 5.79 Å². The van der Waals surface area contributed by atoms with Crippen LogP contribution in [0.3, 0.4) is 0 Å². The Morgan fingerprint density at radius 2 is 1.86 bits per heavy atom. The molecule has 1 aromatic rings. The van der Waals surface area contributed by atoms with Crippen molar-refractivity contribution in [2.24, 2.45) is 5.73 Å². The predicted octanol–water partition coefficient (Wildman–Crippen LogP) is 2.27. The van der Waals surface area contributed by atoms with Gasteiger partial charge in [-0.2, -0.15) is 0 Å². The number of urea groups is 1. The van der Waals surface area contributed by atoms with Gasteiger partial charge in [0.1, 0.15) is 0 Å². The van der Waals surface area contributed by atoms with Gasteiger partial charge in [0, 0.05) is 30.3 Å². The van der Waals surface area contributed by atoms with E-state index in [4.69, 9.17) is 15.2 Å². The molecule has 1 spiro atoms. The minimum atomic E-state index is -0.553. The molecule has 3 rings (SSSR count). The highest BCUT2D eigenvalue weighted by atomic mass is 16.7. The molecule has 1 saturated carbocycles. The Balaban J connectivity index is 1.56. The molecule has 6 nitrogen and oxygen atoms in total. The maximum atomic E-state index is 10.9. The highest BCUT2D eigenvalue weighted by Gasteiger charge is 2.40. The fraction of sp³-hybridized carbons (Fsp3) is 0.533. The normalized spacial score (nSPS) is 21.3. The number of anilines is 2. The molecule has 2 fully saturated rings. The Morgan fingerprint density at radius 3 is 2.52 bits per heavy atom. The first-order chi connectivity index (χ1) is 10.2. The van der Waals surface area contributed by atoms with Gasteiger partial charge in [0.05, 0.1) is 13.2 Å². The lowest BCUT2D eigenvalue weighted by Gasteiger charge is -2.36. The molecule has 1 heterocycles. The van der Waals surface area contributed by atoms with Crippen molar-refractivity contribution < 1.29 is 14.3 Å². The van der Waals surface area contributed by atoms with Gasteiger partial charge in [-0.05, 0) is 31.0 Å². The molecule has 1 aliphatic heterocycles. The van der Waals surface area contributed by atoms with Crippen molar-refractivity contribution in [2.45, 2.75) is 37.5 Å². The van der Waals surface area contributed by atoms with Crippen LogP contribution in [0.4, 0.5) is 16.2 Å². The second kappa shape index (κ2) is 5.91. The maximum Gasteiger partial charge on any atom is 0.316 e. The first kappa shape index (κ1) is 14.2. The second-order valence-corrected chi connectivity index (χ2v) is 5.60. The van der Waals surface area contributed by atoms with Gasteiger partial charge in [-0.15, -0.1) is 0 Å². The molecule has 1 aliphatic carbocycles. The van der Waals surface area contributed by atoms with Crippen LogP contribution < -0.4 is 16.4 Å². The van der Waals surface area contributed by atoms with Crippen molar-refractivity contribution in [1.82, 2.24) is 0 Å². The number of nitrogens with two attached hydrogens (primary N) is 1. The van der Waals surface area contributed by atoms with Crippen LogP contribution in [0.2, 0.25) is 0 Å². The van der Waals surface area contributed by atoms with E-state index in [0.717, 1.165) is 31.4 Å². The summed E-state index contributed by atoms with van der Waals surface area (Å²) in [7, 11) is 0. The summed E-state index contributed by atoms with van der Waals surface area (Å²) in [5, 5.41) is 6.08. The summed E-state index contributed by atoms with van der Waals surface area (Å²) < 4.78 is 11.5. The van der Waals surface area contributed by atoms with Crippen LogP contribution in [0.1, 0.15) is 25.7 Å². The molecule has 0 bridgehead atoms. The molecular formula is C15H21N3O3. The van der Waals surface area contributed by atoms with Crippen LogP contribution in [0, 0.1) is 0 Å². The summed E-state index contributed by atoms with van der Waals surface area (Å²) in [5.41, 5.74) is 6.81. The van der Waals surface area contributed by atoms with Crippen LogP contribution in [-0.2, 0) is 9.47 Å². The minimum Gasteiger partial charge on any atom is -0.382 e. The maximum absolute atomic E-state index is 10.9. The zero-order valence-corrected chi connectivity index (χ0v) is 11.9. The topological polar surface area (TPSA) is 85.6 Å². The van der Waals surface area contributed by atoms with Gasteiger partial charge < -0.3 is 25.8 Å². The van der Waals surface area contributed by atoms with Crippen molar-refractivity contribution in [3.8, 4) is 0 Å². The van der Waals surface area contributed by atoms with E-state index in [-0.39, 0.29) is 5.79 Å². The third kappa shape index (κ3) is 3.46. The van der Waals surface area contributed by atoms with Crippen molar-refractivity contribution in [3.05, 3.63) is 24.3 Å². The Labute approximate surface area is 124 Å². The predicted molar refractivity (Wildman–Crippen MR) is 80.2 cm³/mol. The smallest absolute Gasteiger partial charge is 0.316 e. The van der Waals surface area contributed by atoms with Crippen molar-refractivity contribution in [2.75, 3.05) is 23.8 Å². The molecule has 21 heavy (non-hydrogen) atoms. The lowest BCUT2D eigenvalue weighted by molar-refractivity contribution is -0.177. The van der Waals surface area contributed by atoms with E-state index in [1.807, 2.05) is 24.3 Å². The number of benzene rings is 1. The Morgan fingerprint density at radius 1 is 1.19 bits per heavy atom. The van der Waals surface area contributed by atoms with E-state index < -0.39 is 6.03 Å². The monoisotopic (exact) mass is 291 g/mol. The van der Waals surface area contributed by atoms with E-state index >= 15 is 0 Å². The third-order valence-electron chi connectivity index (χ3n) is 4.06. The number of primary amides is 1. The number of ether oxygens (including phenoxy) is 2. The van der Waals surface area contributed by atoms with Crippen molar-refractivity contribution in [3.63, 3.8) is 0 Å². The molecule has 1 saturated heterocycles. The highest BCUT2D eigenvalue weighted by Crippen LogP contribution is 2.36. The van der Waals surface area contributed by atoms with E-state index in [2.05, 4.69) is 10.6 Å². The number of carbonyl (C=O) groups is 1. The zero-order chi connectivity index (χ0) is 14.7. The van der Waals surface area contributed by atoms with Crippen LogP contribution in [-0.4, -0.2) is 31.1 Å². The molecule has 0 aromatic heterocycles. The van der Waals surface area contributed by atoms with E-state index in [9.17, 15) is 4.79 Å². The largest absolute Gasteiger partial charge is 0.382 e. The molecule has 6 heteroatoms. The summed E-state index contributed by atoms with van der Waals surface area (Å²) >= 11 is 0. The number of hydrogen-bond donors (Lipinski definition) is 3. The summed E-state index contributed by atoms with van der Waals surface area (Å²) in [6, 6.07) is 7.42. The van der Waals surface area contributed by atoms with Gasteiger partial charge in [-0.25, -0.2) is 4.79 Å². The molecule has 2 amide bonds. The SMILES string of the molecule is NC(=O)Nc1cccc(NC2CCC3(CC2)OCCO3)c1. The third-order valence-corrected chi connectivity index (χ3v) is 4.06. The van der Waals surface area contributed by atoms with Crippen LogP contribution >= 0.6 is 0 Å². The second-order valence-electron chi connectivity index (χ2n) is 5.60. The molecule has 0 unspecified atom stereocenters. The fourth-order valence-electron chi connectivity index (χ4n) is 3.05. The van der Waals surface area contributed by atoms with Gasteiger partial charge in [-0.3, -0.25) is 0 Å². The average Bonchev–Trinajstić information content (AvgIpc) is 2.90. The molecule has 114 valence electrons. The van der Waals surface area contributed by atoms with Crippen molar-refractivity contribution >= 4 is 17.4 Å². The number of amides is 2. The van der Waals surface area contributed by atoms with Gasteiger partial charge in [0.2, 0.25) is 0 Å². The standard InChI is InChI=1S/C15H21N3O3/c16-14(19)18-13-3-1-2-12(10-13)17-11-4-6-15(7-5-11)20-8-9-21-15/h1-3,10-11,17H,4-9H2,(H3,16,18,19). The fourth-order valence-corrected chi connectivity index (χ4v) is 3.05. The number of rotatable bonds is 3. The first-order valence-electron chi connectivity index (χ1n) is 7.36. The summed E-state index contributed by atoms with van der Waals surface area (Å²) in [6.07, 6.45) is 3.86. The van der Waals surface area contributed by atoms with Crippen molar-refractivity contribution in [1.29, 1.82) is 0 Å². The van der Waals surface area contributed by atoms with E-state index in [0.29, 0.717) is 24.9 Å². The summed E-state index contributed by atoms with van der Waals surface area (Å²) in [4.78, 5) is 10.9. The van der Waals surface area contributed by atoms with E-state index in [1.165, 1.54) is 0 Å². The first-order valence-corrected chi connectivity index (χ1v) is 7.36. The van der Waals surface area contributed by atoms with Crippen LogP contribution in [0.5, 0.6) is 0 Å².